The Morgan fingerprint density at radius 3 is 1.72 bits per heavy atom. The van der Waals surface area contributed by atoms with Gasteiger partial charge in [-0.25, -0.2) is 4.79 Å². The van der Waals surface area contributed by atoms with Crippen LogP contribution in [0.1, 0.15) is 30.9 Å². The minimum absolute atomic E-state index is 0.0982. The Balaban J connectivity index is 2.32. The van der Waals surface area contributed by atoms with Crippen LogP contribution in [0.3, 0.4) is 0 Å². The van der Waals surface area contributed by atoms with Crippen molar-refractivity contribution in [3.05, 3.63) is 71.8 Å². The predicted octanol–water partition coefficient (Wildman–Crippen LogP) is 2.88. The standard InChI is InChI=1S/C20H20O5/c1-3-24-20(23)18(14(2)21)25-19(22)17(15-10-6-4-7-11-15)16-12-8-5-9-13-16/h4-13,17-18H,3H2,1-2H3. The Morgan fingerprint density at radius 1 is 0.840 bits per heavy atom. The zero-order valence-corrected chi connectivity index (χ0v) is 14.2. The second-order valence-electron chi connectivity index (χ2n) is 5.43. The molecular formula is C20H20O5. The SMILES string of the molecule is CCOC(=O)C(OC(=O)C(c1ccccc1)c1ccccc1)C(C)=O. The van der Waals surface area contributed by atoms with Crippen LogP contribution < -0.4 is 0 Å². The highest BCUT2D eigenvalue weighted by atomic mass is 16.6. The van der Waals surface area contributed by atoms with E-state index in [-0.39, 0.29) is 6.61 Å². The zero-order valence-electron chi connectivity index (χ0n) is 14.2. The summed E-state index contributed by atoms with van der Waals surface area (Å²) in [6, 6.07) is 18.1. The van der Waals surface area contributed by atoms with Crippen LogP contribution in [0.4, 0.5) is 0 Å². The largest absolute Gasteiger partial charge is 0.463 e. The van der Waals surface area contributed by atoms with Gasteiger partial charge >= 0.3 is 11.9 Å². The summed E-state index contributed by atoms with van der Waals surface area (Å²) in [4.78, 5) is 36.4. The van der Waals surface area contributed by atoms with Gasteiger partial charge in [0.05, 0.1) is 6.61 Å². The first kappa shape index (κ1) is 18.4. The summed E-state index contributed by atoms with van der Waals surface area (Å²) in [6.45, 7) is 2.91. The molecule has 0 aromatic heterocycles. The van der Waals surface area contributed by atoms with E-state index in [1.807, 2.05) is 36.4 Å². The summed E-state index contributed by atoms with van der Waals surface area (Å²) in [5.41, 5.74) is 1.43. The average Bonchev–Trinajstić information content (AvgIpc) is 2.61. The van der Waals surface area contributed by atoms with Crippen LogP contribution in [0.2, 0.25) is 0 Å². The molecule has 0 saturated heterocycles. The first-order valence-electron chi connectivity index (χ1n) is 8.02. The smallest absolute Gasteiger partial charge is 0.355 e. The van der Waals surface area contributed by atoms with E-state index in [0.717, 1.165) is 0 Å². The Hall–Kier alpha value is -2.95. The van der Waals surface area contributed by atoms with E-state index in [2.05, 4.69) is 0 Å². The fourth-order valence-corrected chi connectivity index (χ4v) is 2.45. The molecule has 0 spiro atoms. The molecule has 0 bridgehead atoms. The third kappa shape index (κ3) is 4.76. The van der Waals surface area contributed by atoms with E-state index in [9.17, 15) is 14.4 Å². The number of carbonyl (C=O) groups is 3. The second-order valence-corrected chi connectivity index (χ2v) is 5.43. The molecule has 0 radical (unpaired) electrons. The molecule has 0 aliphatic rings. The quantitative estimate of drug-likeness (QED) is 0.572. The number of esters is 2. The molecular weight excluding hydrogens is 320 g/mol. The average molecular weight is 340 g/mol. The van der Waals surface area contributed by atoms with Gasteiger partial charge in [0.25, 0.3) is 6.10 Å². The highest BCUT2D eigenvalue weighted by molar-refractivity contribution is 6.02. The molecule has 0 amide bonds. The number of ketones is 1. The van der Waals surface area contributed by atoms with Gasteiger partial charge < -0.3 is 9.47 Å². The summed E-state index contributed by atoms with van der Waals surface area (Å²) in [5.74, 6) is -2.85. The van der Waals surface area contributed by atoms with Crippen molar-refractivity contribution < 1.29 is 23.9 Å². The molecule has 2 aromatic rings. The van der Waals surface area contributed by atoms with Crippen LogP contribution in [0.5, 0.6) is 0 Å². The van der Waals surface area contributed by atoms with Gasteiger partial charge in [0.2, 0.25) is 0 Å². The molecule has 5 nitrogen and oxygen atoms in total. The Kier molecular flexibility index (Phi) is 6.46. The monoisotopic (exact) mass is 340 g/mol. The van der Waals surface area contributed by atoms with Crippen molar-refractivity contribution >= 4 is 17.7 Å². The van der Waals surface area contributed by atoms with Crippen molar-refractivity contribution in [2.24, 2.45) is 0 Å². The number of Topliss-reactive ketones (excluding diaryl/α,β-unsaturated/α-hetero) is 1. The minimum atomic E-state index is -1.55. The predicted molar refractivity (Wildman–Crippen MR) is 91.9 cm³/mol. The highest BCUT2D eigenvalue weighted by Crippen LogP contribution is 2.26. The Bertz CT molecular complexity index is 685. The lowest BCUT2D eigenvalue weighted by Gasteiger charge is -2.20. The van der Waals surface area contributed by atoms with Crippen LogP contribution in [-0.4, -0.2) is 30.4 Å². The van der Waals surface area contributed by atoms with E-state index in [0.29, 0.717) is 11.1 Å². The molecule has 0 aliphatic carbocycles. The van der Waals surface area contributed by atoms with E-state index < -0.39 is 29.7 Å². The van der Waals surface area contributed by atoms with Crippen molar-refractivity contribution in [2.75, 3.05) is 6.61 Å². The van der Waals surface area contributed by atoms with Gasteiger partial charge in [-0.05, 0) is 25.0 Å². The molecule has 1 unspecified atom stereocenters. The van der Waals surface area contributed by atoms with Gasteiger partial charge in [-0.3, -0.25) is 9.59 Å². The second kappa shape index (κ2) is 8.78. The van der Waals surface area contributed by atoms with Crippen LogP contribution in [-0.2, 0) is 23.9 Å². The molecule has 2 aromatic carbocycles. The molecule has 1 atom stereocenters. The fraction of sp³-hybridized carbons (Fsp3) is 0.250. The number of benzene rings is 2. The lowest BCUT2D eigenvalue weighted by molar-refractivity contribution is -0.171. The van der Waals surface area contributed by atoms with Crippen LogP contribution in [0.25, 0.3) is 0 Å². The van der Waals surface area contributed by atoms with Gasteiger partial charge in [0.15, 0.2) is 5.78 Å². The molecule has 2 rings (SSSR count). The minimum Gasteiger partial charge on any atom is -0.463 e. The highest BCUT2D eigenvalue weighted by Gasteiger charge is 2.33. The number of rotatable bonds is 7. The summed E-state index contributed by atoms with van der Waals surface area (Å²) in [5, 5.41) is 0. The van der Waals surface area contributed by atoms with E-state index in [4.69, 9.17) is 9.47 Å². The van der Waals surface area contributed by atoms with E-state index in [1.165, 1.54) is 6.92 Å². The Morgan fingerprint density at radius 2 is 1.32 bits per heavy atom. The maximum Gasteiger partial charge on any atom is 0.355 e. The molecule has 130 valence electrons. The summed E-state index contributed by atoms with van der Waals surface area (Å²) in [7, 11) is 0. The molecule has 25 heavy (non-hydrogen) atoms. The molecule has 5 heteroatoms. The van der Waals surface area contributed by atoms with Gasteiger partial charge in [0, 0.05) is 0 Å². The van der Waals surface area contributed by atoms with Crippen LogP contribution in [0.15, 0.2) is 60.7 Å². The lowest BCUT2D eigenvalue weighted by Crippen LogP contribution is -2.36. The maximum absolute atomic E-state index is 12.8. The third-order valence-corrected chi connectivity index (χ3v) is 3.61. The first-order valence-corrected chi connectivity index (χ1v) is 8.02. The van der Waals surface area contributed by atoms with Crippen molar-refractivity contribution in [3.63, 3.8) is 0 Å². The van der Waals surface area contributed by atoms with Gasteiger partial charge in [0.1, 0.15) is 5.92 Å². The first-order chi connectivity index (χ1) is 12.0. The topological polar surface area (TPSA) is 69.7 Å². The molecule has 0 saturated carbocycles. The molecule has 0 fully saturated rings. The van der Waals surface area contributed by atoms with Gasteiger partial charge in [-0.15, -0.1) is 0 Å². The van der Waals surface area contributed by atoms with Gasteiger partial charge in [-0.1, -0.05) is 60.7 Å². The number of carbonyl (C=O) groups excluding carboxylic acids is 3. The van der Waals surface area contributed by atoms with Crippen molar-refractivity contribution in [1.82, 2.24) is 0 Å². The number of ether oxygens (including phenoxy) is 2. The van der Waals surface area contributed by atoms with E-state index in [1.54, 1.807) is 31.2 Å². The van der Waals surface area contributed by atoms with Crippen molar-refractivity contribution in [2.45, 2.75) is 25.9 Å². The third-order valence-electron chi connectivity index (χ3n) is 3.61. The maximum atomic E-state index is 12.8. The summed E-state index contributed by atoms with van der Waals surface area (Å²) in [6.07, 6.45) is -1.55. The van der Waals surface area contributed by atoms with E-state index >= 15 is 0 Å². The Labute approximate surface area is 146 Å². The lowest BCUT2D eigenvalue weighted by atomic mass is 9.91. The van der Waals surface area contributed by atoms with Crippen LogP contribution >= 0.6 is 0 Å². The number of hydrogen-bond acceptors (Lipinski definition) is 5. The molecule has 0 aliphatic heterocycles. The number of hydrogen-bond donors (Lipinski definition) is 0. The summed E-state index contributed by atoms with van der Waals surface area (Å²) >= 11 is 0. The normalized spacial score (nSPS) is 11.6. The zero-order chi connectivity index (χ0) is 18.2. The molecule has 0 N–H and O–H groups in total. The molecule has 0 heterocycles. The van der Waals surface area contributed by atoms with Gasteiger partial charge in [-0.2, -0.15) is 0 Å². The summed E-state index contributed by atoms with van der Waals surface area (Å²) < 4.78 is 10.1. The van der Waals surface area contributed by atoms with Crippen molar-refractivity contribution in [3.8, 4) is 0 Å². The fourth-order valence-electron chi connectivity index (χ4n) is 2.45. The van der Waals surface area contributed by atoms with Crippen molar-refractivity contribution in [1.29, 1.82) is 0 Å². The van der Waals surface area contributed by atoms with Crippen LogP contribution in [0, 0.1) is 0 Å².